The van der Waals surface area contributed by atoms with Gasteiger partial charge in [0.1, 0.15) is 5.69 Å². The number of benzene rings is 2. The highest BCUT2D eigenvalue weighted by Gasteiger charge is 2.38. The van der Waals surface area contributed by atoms with Crippen LogP contribution in [0.15, 0.2) is 36.4 Å². The van der Waals surface area contributed by atoms with E-state index in [1.54, 1.807) is 14.2 Å². The van der Waals surface area contributed by atoms with Gasteiger partial charge in [-0.2, -0.15) is 18.3 Å². The Morgan fingerprint density at radius 2 is 1.74 bits per heavy atom. The summed E-state index contributed by atoms with van der Waals surface area (Å²) in [4.78, 5) is 8.90. The lowest BCUT2D eigenvalue weighted by Crippen LogP contribution is -2.21. The van der Waals surface area contributed by atoms with Gasteiger partial charge >= 0.3 is 12.1 Å². The number of nitrogens with zero attached hydrogens (tertiary/aromatic N) is 1. The van der Waals surface area contributed by atoms with Gasteiger partial charge in [0.25, 0.3) is 0 Å². The van der Waals surface area contributed by atoms with E-state index >= 15 is 0 Å². The fraction of sp³-hybridized carbons (Fsp3) is 0.176. The Bertz CT molecular complexity index is 954. The van der Waals surface area contributed by atoms with E-state index in [-0.39, 0.29) is 0 Å². The second-order valence-electron chi connectivity index (χ2n) is 5.25. The summed E-state index contributed by atoms with van der Waals surface area (Å²) in [5.41, 5.74) is 9.29. The minimum atomic E-state index is -5.08. The van der Waals surface area contributed by atoms with Gasteiger partial charge in [-0.3, -0.25) is 5.10 Å². The van der Waals surface area contributed by atoms with Crippen LogP contribution >= 0.6 is 0 Å². The molecule has 10 heteroatoms. The van der Waals surface area contributed by atoms with E-state index in [1.165, 1.54) is 0 Å². The molecule has 3 aromatic rings. The molecule has 4 N–H and O–H groups in total. The molecule has 0 spiro atoms. The van der Waals surface area contributed by atoms with Crippen molar-refractivity contribution in [2.45, 2.75) is 6.18 Å². The monoisotopic (exact) mass is 383 g/mol. The van der Waals surface area contributed by atoms with Gasteiger partial charge in [-0.05, 0) is 36.4 Å². The third-order valence-corrected chi connectivity index (χ3v) is 3.49. The van der Waals surface area contributed by atoms with Crippen LogP contribution in [0, 0.1) is 0 Å². The number of anilines is 1. The Hall–Kier alpha value is -3.43. The number of nitrogens with two attached hydrogens (primary N) is 1. The Balaban J connectivity index is 0.000000321. The Kier molecular flexibility index (Phi) is 5.78. The smallest absolute Gasteiger partial charge is 0.490 e. The molecular weight excluding hydrogens is 367 g/mol. The van der Waals surface area contributed by atoms with E-state index in [1.807, 2.05) is 36.4 Å². The zero-order valence-electron chi connectivity index (χ0n) is 14.3. The van der Waals surface area contributed by atoms with Gasteiger partial charge < -0.3 is 20.3 Å². The third kappa shape index (κ3) is 4.60. The van der Waals surface area contributed by atoms with Crippen molar-refractivity contribution >= 4 is 22.6 Å². The average molecular weight is 383 g/mol. The number of hydrogen-bond donors (Lipinski definition) is 3. The number of H-pyrrole nitrogens is 1. The topological polar surface area (TPSA) is 110 Å². The molecule has 7 nitrogen and oxygen atoms in total. The molecule has 144 valence electrons. The number of aromatic amines is 1. The molecule has 0 atom stereocenters. The first-order valence-corrected chi connectivity index (χ1v) is 7.43. The molecule has 0 aliphatic heterocycles. The quantitative estimate of drug-likeness (QED) is 0.598. The number of fused-ring (bicyclic) bond motifs is 1. The predicted molar refractivity (Wildman–Crippen MR) is 92.7 cm³/mol. The van der Waals surface area contributed by atoms with E-state index in [2.05, 4.69) is 10.2 Å². The van der Waals surface area contributed by atoms with Gasteiger partial charge in [0, 0.05) is 16.6 Å². The van der Waals surface area contributed by atoms with Crippen molar-refractivity contribution < 1.29 is 32.5 Å². The molecule has 1 heterocycles. The van der Waals surface area contributed by atoms with Crippen molar-refractivity contribution in [1.82, 2.24) is 10.2 Å². The SMILES string of the molecule is COc1ccc(-c2n[nH]c3ccc(N)cc23)cc1OC.O=C(O)C(F)(F)F. The van der Waals surface area contributed by atoms with Crippen molar-refractivity contribution in [2.75, 3.05) is 20.0 Å². The number of aliphatic carboxylic acids is 1. The Morgan fingerprint density at radius 1 is 1.11 bits per heavy atom. The number of rotatable bonds is 3. The van der Waals surface area contributed by atoms with E-state index in [9.17, 15) is 13.2 Å². The van der Waals surface area contributed by atoms with Crippen LogP contribution in [0.25, 0.3) is 22.2 Å². The van der Waals surface area contributed by atoms with Gasteiger partial charge in [0.2, 0.25) is 0 Å². The van der Waals surface area contributed by atoms with Crippen molar-refractivity contribution in [1.29, 1.82) is 0 Å². The second kappa shape index (κ2) is 7.85. The summed E-state index contributed by atoms with van der Waals surface area (Å²) in [5.74, 6) is -1.40. The number of alkyl halides is 3. The summed E-state index contributed by atoms with van der Waals surface area (Å²) in [7, 11) is 3.23. The van der Waals surface area contributed by atoms with E-state index in [0.717, 1.165) is 22.2 Å². The van der Waals surface area contributed by atoms with Crippen LogP contribution in [0.1, 0.15) is 0 Å². The lowest BCUT2D eigenvalue weighted by Gasteiger charge is -2.08. The number of aromatic nitrogens is 2. The maximum atomic E-state index is 10.6. The lowest BCUT2D eigenvalue weighted by molar-refractivity contribution is -0.192. The third-order valence-electron chi connectivity index (χ3n) is 3.49. The first-order valence-electron chi connectivity index (χ1n) is 7.43. The van der Waals surface area contributed by atoms with Crippen LogP contribution in [0.5, 0.6) is 11.5 Å². The number of halogens is 3. The highest BCUT2D eigenvalue weighted by atomic mass is 19.4. The molecule has 3 rings (SSSR count). The molecule has 0 aliphatic carbocycles. The first-order chi connectivity index (χ1) is 12.7. The predicted octanol–water partition coefficient (Wildman–Crippen LogP) is 3.46. The van der Waals surface area contributed by atoms with E-state index in [0.29, 0.717) is 17.2 Å². The van der Waals surface area contributed by atoms with Crippen molar-refractivity contribution in [3.63, 3.8) is 0 Å². The van der Waals surface area contributed by atoms with Crippen LogP contribution < -0.4 is 15.2 Å². The van der Waals surface area contributed by atoms with Gasteiger partial charge in [-0.25, -0.2) is 4.79 Å². The molecule has 27 heavy (non-hydrogen) atoms. The molecule has 0 saturated carbocycles. The molecule has 1 aromatic heterocycles. The second-order valence-corrected chi connectivity index (χ2v) is 5.25. The number of methoxy groups -OCH3 is 2. The number of carboxylic acids is 1. The maximum absolute atomic E-state index is 10.6. The largest absolute Gasteiger partial charge is 0.493 e. The van der Waals surface area contributed by atoms with Crippen LogP contribution in [-0.2, 0) is 4.79 Å². The van der Waals surface area contributed by atoms with E-state index in [4.69, 9.17) is 25.1 Å². The van der Waals surface area contributed by atoms with Crippen LogP contribution in [0.4, 0.5) is 18.9 Å². The molecule has 0 saturated heterocycles. The fourth-order valence-electron chi connectivity index (χ4n) is 2.24. The number of hydrogen-bond acceptors (Lipinski definition) is 5. The summed E-state index contributed by atoms with van der Waals surface area (Å²) in [6, 6.07) is 11.4. The van der Waals surface area contributed by atoms with Gasteiger partial charge in [-0.15, -0.1) is 0 Å². The highest BCUT2D eigenvalue weighted by Crippen LogP contribution is 2.34. The number of nitrogen functional groups attached to an aromatic ring is 1. The zero-order valence-corrected chi connectivity index (χ0v) is 14.3. The number of nitrogens with one attached hydrogen (secondary N) is 1. The number of carbonyl (C=O) groups is 1. The molecule has 0 fully saturated rings. The summed E-state index contributed by atoms with van der Waals surface area (Å²) < 4.78 is 42.3. The number of ether oxygens (including phenoxy) is 2. The minimum absolute atomic E-state index is 0.671. The molecule has 0 bridgehead atoms. The van der Waals surface area contributed by atoms with Crippen molar-refractivity contribution in [3.8, 4) is 22.8 Å². The van der Waals surface area contributed by atoms with Crippen LogP contribution in [-0.4, -0.2) is 41.7 Å². The normalized spacial score (nSPS) is 10.9. The lowest BCUT2D eigenvalue weighted by atomic mass is 10.1. The van der Waals surface area contributed by atoms with Gasteiger partial charge in [0.15, 0.2) is 11.5 Å². The summed E-state index contributed by atoms with van der Waals surface area (Å²) in [6.45, 7) is 0. The molecule has 2 aromatic carbocycles. The van der Waals surface area contributed by atoms with Gasteiger partial charge in [0.05, 0.1) is 19.7 Å². The molecule has 0 aliphatic rings. The summed E-state index contributed by atoms with van der Waals surface area (Å²) >= 11 is 0. The molecule has 0 amide bonds. The minimum Gasteiger partial charge on any atom is -0.493 e. The van der Waals surface area contributed by atoms with Gasteiger partial charge in [-0.1, -0.05) is 0 Å². The average Bonchev–Trinajstić information content (AvgIpc) is 3.03. The van der Waals surface area contributed by atoms with E-state index < -0.39 is 12.1 Å². The van der Waals surface area contributed by atoms with Crippen molar-refractivity contribution in [2.24, 2.45) is 0 Å². The summed E-state index contributed by atoms with van der Waals surface area (Å²) in [5, 5.41) is 15.5. The Morgan fingerprint density at radius 3 is 2.30 bits per heavy atom. The van der Waals surface area contributed by atoms with Crippen LogP contribution in [0.3, 0.4) is 0 Å². The zero-order chi connectivity index (χ0) is 20.2. The highest BCUT2D eigenvalue weighted by molar-refractivity contribution is 5.95. The molecule has 0 radical (unpaired) electrons. The summed E-state index contributed by atoms with van der Waals surface area (Å²) in [6.07, 6.45) is -5.08. The standard InChI is InChI=1S/C15H15N3O2.C2HF3O2/c1-19-13-6-3-9(7-14(13)20-2)15-11-8-10(16)4-5-12(11)17-18-15;3-2(4,5)1(6)7/h3-8H,16H2,1-2H3,(H,17,18);(H,6,7). The molecular formula is C17H16F3N3O4. The maximum Gasteiger partial charge on any atom is 0.490 e. The fourth-order valence-corrected chi connectivity index (χ4v) is 2.24. The molecule has 0 unspecified atom stereocenters. The first kappa shape index (κ1) is 19.9. The Labute approximate surface area is 151 Å². The van der Waals surface area contributed by atoms with Crippen molar-refractivity contribution in [3.05, 3.63) is 36.4 Å². The number of carboxylic acid groups (broad SMARTS) is 1. The van der Waals surface area contributed by atoms with Crippen LogP contribution in [0.2, 0.25) is 0 Å².